The van der Waals surface area contributed by atoms with E-state index in [0.717, 1.165) is 57.3 Å². The van der Waals surface area contributed by atoms with E-state index in [9.17, 15) is 0 Å². The number of ether oxygens (including phenoxy) is 1. The summed E-state index contributed by atoms with van der Waals surface area (Å²) in [7, 11) is 2.19. The highest BCUT2D eigenvalue weighted by atomic mass is 16.5. The predicted octanol–water partition coefficient (Wildman–Crippen LogP) is 5.23. The Balaban J connectivity index is 1.79. The molecule has 1 aromatic rings. The van der Waals surface area contributed by atoms with Gasteiger partial charge in [-0.15, -0.1) is 0 Å². The zero-order valence-corrected chi connectivity index (χ0v) is 16.9. The number of nitriles is 1. The lowest BCUT2D eigenvalue weighted by molar-refractivity contribution is 0.0504. The van der Waals surface area contributed by atoms with E-state index in [1.807, 2.05) is 24.3 Å². The van der Waals surface area contributed by atoms with Gasteiger partial charge in [0.1, 0.15) is 6.10 Å². The minimum Gasteiger partial charge on any atom is -0.495 e. The van der Waals surface area contributed by atoms with Gasteiger partial charge in [-0.3, -0.25) is 4.99 Å². The molecule has 4 heteroatoms. The van der Waals surface area contributed by atoms with Gasteiger partial charge in [-0.1, -0.05) is 13.8 Å². The quantitative estimate of drug-likeness (QED) is 0.718. The van der Waals surface area contributed by atoms with E-state index in [0.29, 0.717) is 17.6 Å². The third-order valence-corrected chi connectivity index (χ3v) is 5.82. The Kier molecular flexibility index (Phi) is 6.68. The Morgan fingerprint density at radius 1 is 1.15 bits per heavy atom. The topological polar surface area (TPSA) is 48.6 Å². The molecule has 0 saturated carbocycles. The Morgan fingerprint density at radius 3 is 2.44 bits per heavy atom. The lowest BCUT2D eigenvalue weighted by Crippen LogP contribution is -2.35. The van der Waals surface area contributed by atoms with Crippen LogP contribution in [0.5, 0.6) is 0 Å². The second-order valence-corrected chi connectivity index (χ2v) is 7.65. The Labute approximate surface area is 163 Å². The summed E-state index contributed by atoms with van der Waals surface area (Å²) < 4.78 is 6.51. The van der Waals surface area contributed by atoms with E-state index in [1.165, 1.54) is 17.0 Å². The van der Waals surface area contributed by atoms with Gasteiger partial charge >= 0.3 is 0 Å². The number of benzene rings is 1. The van der Waals surface area contributed by atoms with Crippen molar-refractivity contribution in [2.45, 2.75) is 58.5 Å². The fraction of sp³-hybridized carbons (Fsp3) is 0.565. The third-order valence-electron chi connectivity index (χ3n) is 5.82. The van der Waals surface area contributed by atoms with Gasteiger partial charge in [0.15, 0.2) is 0 Å². The smallest absolute Gasteiger partial charge is 0.101 e. The van der Waals surface area contributed by atoms with Crippen LogP contribution < -0.4 is 0 Å². The Morgan fingerprint density at radius 2 is 1.85 bits per heavy atom. The Hall–Kier alpha value is -2.12. The zero-order valence-electron chi connectivity index (χ0n) is 16.9. The summed E-state index contributed by atoms with van der Waals surface area (Å²) in [4.78, 5) is 7.33. The van der Waals surface area contributed by atoms with Crippen LogP contribution in [0.3, 0.4) is 0 Å². The lowest BCUT2D eigenvalue weighted by atomic mass is 9.81. The first-order valence-electron chi connectivity index (χ1n) is 10.3. The molecule has 0 N–H and O–H groups in total. The summed E-state index contributed by atoms with van der Waals surface area (Å²) in [6, 6.07) is 9.73. The molecular weight excluding hydrogens is 334 g/mol. The molecule has 1 saturated heterocycles. The van der Waals surface area contributed by atoms with Crippen molar-refractivity contribution in [1.82, 2.24) is 4.90 Å². The SMILES string of the molecule is CCC1=C(OC2CCN(C)CC2)CCC(=Nc2ccc(C#N)cc2)C1CC. The van der Waals surface area contributed by atoms with Crippen molar-refractivity contribution in [3.8, 4) is 6.07 Å². The van der Waals surface area contributed by atoms with Crippen LogP contribution in [0.4, 0.5) is 5.69 Å². The summed E-state index contributed by atoms with van der Waals surface area (Å²) in [6.45, 7) is 6.73. The van der Waals surface area contributed by atoms with E-state index in [4.69, 9.17) is 15.0 Å². The van der Waals surface area contributed by atoms with Gasteiger partial charge < -0.3 is 9.64 Å². The molecule has 1 atom stereocenters. The summed E-state index contributed by atoms with van der Waals surface area (Å²) in [5.41, 5.74) is 4.32. The van der Waals surface area contributed by atoms with Crippen LogP contribution in [0.1, 0.15) is 57.9 Å². The van der Waals surface area contributed by atoms with Crippen molar-refractivity contribution in [3.63, 3.8) is 0 Å². The molecule has 1 heterocycles. The van der Waals surface area contributed by atoms with Crippen molar-refractivity contribution < 1.29 is 4.74 Å². The summed E-state index contributed by atoms with van der Waals surface area (Å²) >= 11 is 0. The maximum absolute atomic E-state index is 8.97. The van der Waals surface area contributed by atoms with E-state index in [1.54, 1.807) is 0 Å². The van der Waals surface area contributed by atoms with Gasteiger partial charge in [-0.05, 0) is 69.0 Å². The number of aliphatic imine (C=N–C) groups is 1. The van der Waals surface area contributed by atoms with Crippen molar-refractivity contribution in [1.29, 1.82) is 5.26 Å². The molecule has 4 nitrogen and oxygen atoms in total. The van der Waals surface area contributed by atoms with E-state index in [-0.39, 0.29) is 0 Å². The minimum absolute atomic E-state index is 0.368. The molecule has 1 fully saturated rings. The molecule has 2 aliphatic rings. The number of hydrogen-bond acceptors (Lipinski definition) is 4. The molecule has 0 bridgehead atoms. The summed E-state index contributed by atoms with van der Waals surface area (Å²) in [5, 5.41) is 8.97. The van der Waals surface area contributed by atoms with Gasteiger partial charge in [-0.2, -0.15) is 5.26 Å². The number of nitrogens with zero attached hydrogens (tertiary/aromatic N) is 3. The lowest BCUT2D eigenvalue weighted by Gasteiger charge is -2.34. The number of piperidine rings is 1. The number of likely N-dealkylation sites (tertiary alicyclic amines) is 1. The molecule has 0 radical (unpaired) electrons. The first kappa shape index (κ1) is 19.6. The largest absolute Gasteiger partial charge is 0.495 e. The molecule has 0 spiro atoms. The van der Waals surface area contributed by atoms with Gasteiger partial charge in [0.2, 0.25) is 0 Å². The number of hydrogen-bond donors (Lipinski definition) is 0. The summed E-state index contributed by atoms with van der Waals surface area (Å²) in [5.74, 6) is 1.61. The van der Waals surface area contributed by atoms with Gasteiger partial charge in [-0.25, -0.2) is 0 Å². The first-order chi connectivity index (χ1) is 13.1. The molecule has 144 valence electrons. The van der Waals surface area contributed by atoms with Crippen molar-refractivity contribution in [3.05, 3.63) is 41.2 Å². The monoisotopic (exact) mass is 365 g/mol. The van der Waals surface area contributed by atoms with Gasteiger partial charge in [0.25, 0.3) is 0 Å². The fourth-order valence-corrected chi connectivity index (χ4v) is 4.25. The molecule has 1 unspecified atom stereocenters. The molecule has 1 aliphatic carbocycles. The highest BCUT2D eigenvalue weighted by Crippen LogP contribution is 2.36. The first-order valence-corrected chi connectivity index (χ1v) is 10.3. The molecule has 0 aromatic heterocycles. The fourth-order valence-electron chi connectivity index (χ4n) is 4.25. The van der Waals surface area contributed by atoms with Crippen LogP contribution >= 0.6 is 0 Å². The highest BCUT2D eigenvalue weighted by Gasteiger charge is 2.29. The second-order valence-electron chi connectivity index (χ2n) is 7.65. The average Bonchev–Trinajstić information content (AvgIpc) is 2.70. The normalized spacial score (nSPS) is 23.5. The molecule has 3 rings (SSSR count). The highest BCUT2D eigenvalue weighted by molar-refractivity contribution is 5.92. The number of rotatable bonds is 5. The van der Waals surface area contributed by atoms with E-state index < -0.39 is 0 Å². The molecule has 0 amide bonds. The Bertz CT molecular complexity index is 734. The van der Waals surface area contributed by atoms with Crippen LogP contribution in [0.2, 0.25) is 0 Å². The van der Waals surface area contributed by atoms with E-state index in [2.05, 4.69) is 31.9 Å². The van der Waals surface area contributed by atoms with Crippen LogP contribution in [0, 0.1) is 17.2 Å². The predicted molar refractivity (Wildman–Crippen MR) is 110 cm³/mol. The maximum Gasteiger partial charge on any atom is 0.101 e. The maximum atomic E-state index is 8.97. The third kappa shape index (κ3) is 4.78. The van der Waals surface area contributed by atoms with Crippen molar-refractivity contribution in [2.75, 3.05) is 20.1 Å². The van der Waals surface area contributed by atoms with Crippen LogP contribution in [-0.4, -0.2) is 36.9 Å². The second kappa shape index (κ2) is 9.19. The molecule has 1 aromatic carbocycles. The average molecular weight is 366 g/mol. The molecular formula is C23H31N3O. The standard InChI is InChI=1S/C23H31N3O/c1-4-20-21(5-2)23(27-19-12-14-26(3)15-13-19)11-10-22(20)25-18-8-6-17(16-24)7-9-18/h6-9,19-20H,4-5,10-15H2,1-3H3. The number of allylic oxidation sites excluding steroid dienone is 2. The van der Waals surface area contributed by atoms with Gasteiger partial charge in [0.05, 0.1) is 23.1 Å². The van der Waals surface area contributed by atoms with Crippen LogP contribution in [0.15, 0.2) is 40.6 Å². The molecule has 1 aliphatic heterocycles. The zero-order chi connectivity index (χ0) is 19.2. The van der Waals surface area contributed by atoms with Gasteiger partial charge in [0, 0.05) is 31.1 Å². The van der Waals surface area contributed by atoms with Crippen molar-refractivity contribution >= 4 is 11.4 Å². The van der Waals surface area contributed by atoms with Crippen molar-refractivity contribution in [2.24, 2.45) is 10.9 Å². The van der Waals surface area contributed by atoms with Crippen LogP contribution in [0.25, 0.3) is 0 Å². The summed E-state index contributed by atoms with van der Waals surface area (Å²) in [6.07, 6.45) is 6.61. The minimum atomic E-state index is 0.368. The molecule has 27 heavy (non-hydrogen) atoms. The van der Waals surface area contributed by atoms with Crippen LogP contribution in [-0.2, 0) is 4.74 Å². The van der Waals surface area contributed by atoms with E-state index >= 15 is 0 Å².